The van der Waals surface area contributed by atoms with Gasteiger partial charge in [-0.05, 0) is 35.9 Å². The smallest absolute Gasteiger partial charge is 0.269 e. The highest BCUT2D eigenvalue weighted by molar-refractivity contribution is 5.98. The quantitative estimate of drug-likeness (QED) is 0.370. The molecule has 0 aliphatic heterocycles. The first-order chi connectivity index (χ1) is 16.0. The zero-order valence-electron chi connectivity index (χ0n) is 17.9. The Morgan fingerprint density at radius 1 is 1.03 bits per heavy atom. The molecule has 3 heterocycles. The number of aromatic amines is 2. The van der Waals surface area contributed by atoms with Crippen molar-refractivity contribution in [2.24, 2.45) is 0 Å². The number of H-pyrrole nitrogens is 2. The van der Waals surface area contributed by atoms with Gasteiger partial charge in [0.05, 0.1) is 11.9 Å². The summed E-state index contributed by atoms with van der Waals surface area (Å²) < 4.78 is 14.7. The van der Waals surface area contributed by atoms with Crippen LogP contribution < -0.4 is 5.32 Å². The van der Waals surface area contributed by atoms with Crippen molar-refractivity contribution in [1.82, 2.24) is 30.0 Å². The van der Waals surface area contributed by atoms with Crippen LogP contribution in [-0.4, -0.2) is 50.1 Å². The number of carbonyl (C=O) groups is 1. The van der Waals surface area contributed by atoms with Crippen molar-refractivity contribution in [1.29, 1.82) is 0 Å². The van der Waals surface area contributed by atoms with E-state index in [0.29, 0.717) is 23.0 Å². The average Bonchev–Trinajstić information content (AvgIpc) is 3.49. The second kappa shape index (κ2) is 8.19. The fourth-order valence-electron chi connectivity index (χ4n) is 3.53. The van der Waals surface area contributed by atoms with Crippen molar-refractivity contribution in [2.45, 2.75) is 0 Å². The molecule has 0 aliphatic carbocycles. The number of hydrogen-bond donors (Lipinski definition) is 3. The standard InChI is InChI=1S/C24H20FN7O/c1-32(2)24(33)21-10-15-3-4-16(11-20(15)29-21)23-26-8-7-22(31-23)30-19-6-5-14(9-18(19)25)17-12-27-28-13-17/h3-13,29H,1-2H3,(H,27,28)(H,26,30,31). The number of nitrogens with zero attached hydrogens (tertiary/aromatic N) is 4. The first kappa shape index (κ1) is 20.4. The number of aromatic nitrogens is 5. The summed E-state index contributed by atoms with van der Waals surface area (Å²) in [5, 5.41) is 10.5. The third-order valence-corrected chi connectivity index (χ3v) is 5.24. The van der Waals surface area contributed by atoms with Crippen LogP contribution >= 0.6 is 0 Å². The second-order valence-corrected chi connectivity index (χ2v) is 7.76. The van der Waals surface area contributed by atoms with Gasteiger partial charge in [0.15, 0.2) is 5.82 Å². The van der Waals surface area contributed by atoms with Crippen molar-refractivity contribution in [3.8, 4) is 22.5 Å². The van der Waals surface area contributed by atoms with Crippen molar-refractivity contribution >= 4 is 28.3 Å². The molecule has 0 saturated heterocycles. The van der Waals surface area contributed by atoms with Gasteiger partial charge in [-0.3, -0.25) is 9.89 Å². The number of halogens is 1. The second-order valence-electron chi connectivity index (χ2n) is 7.76. The predicted octanol–water partition coefficient (Wildman–Crippen LogP) is 4.60. The van der Waals surface area contributed by atoms with Gasteiger partial charge < -0.3 is 15.2 Å². The van der Waals surface area contributed by atoms with E-state index in [4.69, 9.17) is 0 Å². The predicted molar refractivity (Wildman–Crippen MR) is 125 cm³/mol. The van der Waals surface area contributed by atoms with Gasteiger partial charge in [-0.15, -0.1) is 0 Å². The highest BCUT2D eigenvalue weighted by Gasteiger charge is 2.13. The Morgan fingerprint density at radius 2 is 1.88 bits per heavy atom. The van der Waals surface area contributed by atoms with E-state index in [1.54, 1.807) is 44.8 Å². The molecule has 0 atom stereocenters. The molecule has 33 heavy (non-hydrogen) atoms. The minimum absolute atomic E-state index is 0.101. The van der Waals surface area contributed by atoms with Crippen LogP contribution in [0.15, 0.2) is 67.1 Å². The summed E-state index contributed by atoms with van der Waals surface area (Å²) in [6.45, 7) is 0. The topological polar surface area (TPSA) is 103 Å². The van der Waals surface area contributed by atoms with Crippen LogP contribution in [0, 0.1) is 5.82 Å². The summed E-state index contributed by atoms with van der Waals surface area (Å²) in [5.74, 6) is 0.438. The maximum atomic E-state index is 14.7. The highest BCUT2D eigenvalue weighted by atomic mass is 19.1. The Balaban J connectivity index is 1.41. The largest absolute Gasteiger partial charge is 0.351 e. The first-order valence-electron chi connectivity index (χ1n) is 10.2. The highest BCUT2D eigenvalue weighted by Crippen LogP contribution is 2.27. The zero-order chi connectivity index (χ0) is 22.9. The Morgan fingerprint density at radius 3 is 2.64 bits per heavy atom. The number of amides is 1. The minimum Gasteiger partial charge on any atom is -0.351 e. The SMILES string of the molecule is CN(C)C(=O)c1cc2ccc(-c3nccc(Nc4ccc(-c5cn[nH]c5)cc4F)n3)cc2[nH]1. The molecule has 0 radical (unpaired) electrons. The van der Waals surface area contributed by atoms with Crippen LogP contribution in [-0.2, 0) is 0 Å². The van der Waals surface area contributed by atoms with Crippen LogP contribution in [0.3, 0.4) is 0 Å². The van der Waals surface area contributed by atoms with Crippen LogP contribution in [0.5, 0.6) is 0 Å². The first-order valence-corrected chi connectivity index (χ1v) is 10.2. The molecule has 2 aromatic carbocycles. The summed E-state index contributed by atoms with van der Waals surface area (Å²) in [7, 11) is 3.42. The Hall–Kier alpha value is -4.53. The van der Waals surface area contributed by atoms with E-state index in [0.717, 1.165) is 27.6 Å². The number of hydrogen-bond acceptors (Lipinski definition) is 5. The van der Waals surface area contributed by atoms with Gasteiger partial charge in [-0.2, -0.15) is 5.10 Å². The number of rotatable bonds is 5. The fourth-order valence-corrected chi connectivity index (χ4v) is 3.53. The molecule has 0 fully saturated rings. The summed E-state index contributed by atoms with van der Waals surface area (Å²) >= 11 is 0. The van der Waals surface area contributed by atoms with E-state index < -0.39 is 5.82 Å². The average molecular weight is 441 g/mol. The molecule has 3 N–H and O–H groups in total. The van der Waals surface area contributed by atoms with E-state index in [1.807, 2.05) is 30.3 Å². The van der Waals surface area contributed by atoms with E-state index in [2.05, 4.69) is 30.5 Å². The molecule has 9 heteroatoms. The van der Waals surface area contributed by atoms with E-state index >= 15 is 0 Å². The van der Waals surface area contributed by atoms with Crippen LogP contribution in [0.1, 0.15) is 10.5 Å². The molecule has 3 aromatic heterocycles. The molecule has 5 aromatic rings. The Labute approximate surface area is 188 Å². The number of nitrogens with one attached hydrogen (secondary N) is 3. The molecular formula is C24H20FN7O. The molecule has 0 unspecified atom stereocenters. The lowest BCUT2D eigenvalue weighted by Crippen LogP contribution is -2.21. The van der Waals surface area contributed by atoms with Gasteiger partial charge in [0, 0.05) is 48.5 Å². The molecule has 0 aliphatic rings. The Bertz CT molecular complexity index is 1460. The molecular weight excluding hydrogens is 421 g/mol. The summed E-state index contributed by atoms with van der Waals surface area (Å²) in [6.07, 6.45) is 4.96. The lowest BCUT2D eigenvalue weighted by molar-refractivity contribution is 0.0823. The maximum absolute atomic E-state index is 14.7. The van der Waals surface area contributed by atoms with Crippen LogP contribution in [0.2, 0.25) is 0 Å². The van der Waals surface area contributed by atoms with E-state index in [1.165, 1.54) is 11.0 Å². The van der Waals surface area contributed by atoms with Crippen molar-refractivity contribution < 1.29 is 9.18 Å². The summed E-state index contributed by atoms with van der Waals surface area (Å²) in [6, 6.07) is 14.1. The van der Waals surface area contributed by atoms with Crippen molar-refractivity contribution in [2.75, 3.05) is 19.4 Å². The third-order valence-electron chi connectivity index (χ3n) is 5.24. The van der Waals surface area contributed by atoms with Crippen molar-refractivity contribution in [3.05, 3.63) is 78.6 Å². The Kier molecular flexibility index (Phi) is 5.06. The van der Waals surface area contributed by atoms with E-state index in [9.17, 15) is 9.18 Å². The van der Waals surface area contributed by atoms with Gasteiger partial charge in [-0.25, -0.2) is 14.4 Å². The van der Waals surface area contributed by atoms with Gasteiger partial charge in [0.1, 0.15) is 17.3 Å². The minimum atomic E-state index is -0.403. The molecule has 0 bridgehead atoms. The lowest BCUT2D eigenvalue weighted by Gasteiger charge is -2.09. The van der Waals surface area contributed by atoms with Crippen molar-refractivity contribution in [3.63, 3.8) is 0 Å². The third kappa shape index (κ3) is 4.03. The van der Waals surface area contributed by atoms with Gasteiger partial charge >= 0.3 is 0 Å². The van der Waals surface area contributed by atoms with Gasteiger partial charge in [-0.1, -0.05) is 18.2 Å². The summed E-state index contributed by atoms with van der Waals surface area (Å²) in [4.78, 5) is 25.8. The maximum Gasteiger partial charge on any atom is 0.269 e. The molecule has 8 nitrogen and oxygen atoms in total. The molecule has 164 valence electrons. The fraction of sp³-hybridized carbons (Fsp3) is 0.0833. The number of carbonyl (C=O) groups excluding carboxylic acids is 1. The normalized spacial score (nSPS) is 11.0. The molecule has 5 rings (SSSR count). The number of fused-ring (bicyclic) bond motifs is 1. The number of anilines is 2. The van der Waals surface area contributed by atoms with Crippen LogP contribution in [0.25, 0.3) is 33.4 Å². The zero-order valence-corrected chi connectivity index (χ0v) is 17.9. The van der Waals surface area contributed by atoms with Crippen LogP contribution in [0.4, 0.5) is 15.9 Å². The van der Waals surface area contributed by atoms with E-state index in [-0.39, 0.29) is 5.91 Å². The monoisotopic (exact) mass is 441 g/mol. The molecule has 0 saturated carbocycles. The van der Waals surface area contributed by atoms with Gasteiger partial charge in [0.25, 0.3) is 5.91 Å². The van der Waals surface area contributed by atoms with Gasteiger partial charge in [0.2, 0.25) is 0 Å². The lowest BCUT2D eigenvalue weighted by atomic mass is 10.1. The molecule has 1 amide bonds. The molecule has 0 spiro atoms. The summed E-state index contributed by atoms with van der Waals surface area (Å²) in [5.41, 5.74) is 3.92. The number of benzene rings is 2.